The molecular formula is C12H16NO4S. The zero-order chi connectivity index (χ0) is 23.9. The highest BCUT2D eigenvalue weighted by Crippen LogP contribution is 2.50. The van der Waals surface area contributed by atoms with Crippen LogP contribution >= 0.6 is 0 Å². The first-order valence-corrected chi connectivity index (χ1v) is 6.03. The summed E-state index contributed by atoms with van der Waals surface area (Å²) >= 11 is 0. The molecule has 0 amide bonds. The Morgan fingerprint density at radius 1 is 1.22 bits per heavy atom. The largest absolute Gasteiger partial charge is 0.294 e. The molecule has 1 heterocycles. The van der Waals surface area contributed by atoms with Crippen molar-refractivity contribution in [3.8, 4) is 0 Å². The molecule has 1 aromatic carbocycles. The van der Waals surface area contributed by atoms with Gasteiger partial charge in [0.05, 0.1) is 16.0 Å². The minimum absolute atomic E-state index is 0.559. The van der Waals surface area contributed by atoms with E-state index in [4.69, 9.17) is 16.4 Å². The van der Waals surface area contributed by atoms with E-state index in [0.29, 0.717) is 12.1 Å². The quantitative estimate of drug-likeness (QED) is 0.800. The standard InChI is InChI=1S/C12H16NO4S/c1-11(2)8-6-5-7-9(18(15,16)17)10(8)12(3,4)13(11)14/h5-7H,1-4H3,(H,15,16,17)/i1D3,2D3,3D3,4D3. The van der Waals surface area contributed by atoms with Crippen molar-refractivity contribution >= 4 is 10.1 Å². The number of fused-ring (bicyclic) bond motifs is 1. The van der Waals surface area contributed by atoms with E-state index in [1.807, 2.05) is 0 Å². The highest BCUT2D eigenvalue weighted by atomic mass is 32.2. The van der Waals surface area contributed by atoms with Gasteiger partial charge in [0, 0.05) is 22.0 Å². The molecule has 0 atom stereocenters. The number of rotatable bonds is 1. The van der Waals surface area contributed by atoms with Gasteiger partial charge in [-0.2, -0.15) is 8.42 Å². The van der Waals surface area contributed by atoms with E-state index in [1.54, 1.807) is 0 Å². The van der Waals surface area contributed by atoms with E-state index in [2.05, 4.69) is 0 Å². The summed E-state index contributed by atoms with van der Waals surface area (Å²) < 4.78 is 127. The molecule has 1 radical (unpaired) electrons. The molecule has 0 aromatic heterocycles. The van der Waals surface area contributed by atoms with Crippen LogP contribution in [0.5, 0.6) is 0 Å². The van der Waals surface area contributed by atoms with Crippen LogP contribution in [0.4, 0.5) is 0 Å². The number of hydroxylamine groups is 2. The van der Waals surface area contributed by atoms with E-state index in [9.17, 15) is 18.2 Å². The molecule has 18 heavy (non-hydrogen) atoms. The van der Waals surface area contributed by atoms with Gasteiger partial charge in [-0.05, 0) is 39.0 Å². The van der Waals surface area contributed by atoms with Gasteiger partial charge in [-0.25, -0.2) is 0 Å². The van der Waals surface area contributed by atoms with Gasteiger partial charge < -0.3 is 0 Å². The third kappa shape index (κ3) is 1.60. The Hall–Kier alpha value is -0.950. The molecule has 6 heteroatoms. The predicted octanol–water partition coefficient (Wildman–Crippen LogP) is 2.06. The van der Waals surface area contributed by atoms with Crippen molar-refractivity contribution in [2.45, 2.75) is 43.4 Å². The lowest BCUT2D eigenvalue weighted by atomic mass is 9.91. The Morgan fingerprint density at radius 2 is 1.83 bits per heavy atom. The van der Waals surface area contributed by atoms with Crippen molar-refractivity contribution < 1.29 is 34.6 Å². The smallest absolute Gasteiger partial charge is 0.282 e. The second kappa shape index (κ2) is 3.54. The van der Waals surface area contributed by atoms with E-state index in [-0.39, 0.29) is 0 Å². The third-order valence-electron chi connectivity index (χ3n) is 2.66. The summed E-state index contributed by atoms with van der Waals surface area (Å²) in [5, 5.41) is 12.4. The van der Waals surface area contributed by atoms with Crippen LogP contribution in [0.2, 0.25) is 0 Å². The van der Waals surface area contributed by atoms with Gasteiger partial charge in [0.2, 0.25) is 0 Å². The number of nitrogens with zero attached hydrogens (tertiary/aromatic N) is 1. The van der Waals surface area contributed by atoms with Crippen LogP contribution in [0.25, 0.3) is 0 Å². The molecule has 1 aromatic rings. The lowest BCUT2D eigenvalue weighted by Gasteiger charge is -2.32. The van der Waals surface area contributed by atoms with Crippen LogP contribution in [0.1, 0.15) is 55.0 Å². The van der Waals surface area contributed by atoms with Crippen LogP contribution in [0.3, 0.4) is 0 Å². The number of hydrogen-bond donors (Lipinski definition) is 1. The highest BCUT2D eigenvalue weighted by Gasteiger charge is 2.52. The molecular weight excluding hydrogens is 254 g/mol. The monoisotopic (exact) mass is 282 g/mol. The summed E-state index contributed by atoms with van der Waals surface area (Å²) in [6, 6.07) is 1.99. The second-order valence-electron chi connectivity index (χ2n) is 3.87. The van der Waals surface area contributed by atoms with Crippen LogP contribution in [0, 0.1) is 0 Å². The molecule has 5 nitrogen and oxygen atoms in total. The molecule has 0 fully saturated rings. The Morgan fingerprint density at radius 3 is 2.33 bits per heavy atom. The zero-order valence-electron chi connectivity index (χ0n) is 20.8. The summed E-state index contributed by atoms with van der Waals surface area (Å²) in [5.41, 5.74) is -10.2. The third-order valence-corrected chi connectivity index (χ3v) is 3.56. The first-order chi connectivity index (χ1) is 13.0. The SMILES string of the molecule is [2H]C([2H])([2H])C1(C([2H])([2H])[2H])c2cccc(S(=O)(=O)O)c2C(C([2H])([2H])[2H])(C([2H])([2H])[2H])N1[O]. The van der Waals surface area contributed by atoms with Gasteiger partial charge in [0.25, 0.3) is 10.1 Å². The van der Waals surface area contributed by atoms with Gasteiger partial charge in [-0.15, -0.1) is 10.3 Å². The van der Waals surface area contributed by atoms with Gasteiger partial charge in [-0.1, -0.05) is 12.1 Å². The fourth-order valence-corrected chi connectivity index (χ4v) is 2.65. The average molecular weight is 282 g/mol. The fourth-order valence-electron chi connectivity index (χ4n) is 1.88. The minimum Gasteiger partial charge on any atom is -0.282 e. The van der Waals surface area contributed by atoms with Crippen molar-refractivity contribution in [2.75, 3.05) is 0 Å². The van der Waals surface area contributed by atoms with Crippen LogP contribution in [0.15, 0.2) is 23.1 Å². The molecule has 2 rings (SSSR count). The maximum absolute atomic E-state index is 13.5. The van der Waals surface area contributed by atoms with Crippen molar-refractivity contribution in [1.29, 1.82) is 0 Å². The van der Waals surface area contributed by atoms with Gasteiger partial charge in [0.15, 0.2) is 0 Å². The van der Waals surface area contributed by atoms with Crippen LogP contribution in [-0.2, 0) is 26.4 Å². The van der Waals surface area contributed by atoms with Gasteiger partial charge in [-0.3, -0.25) is 4.55 Å². The summed E-state index contributed by atoms with van der Waals surface area (Å²) in [6.07, 6.45) is 0. The van der Waals surface area contributed by atoms with Crippen molar-refractivity contribution in [2.24, 2.45) is 0 Å². The van der Waals surface area contributed by atoms with Crippen LogP contribution in [-0.4, -0.2) is 18.0 Å². The van der Waals surface area contributed by atoms with Gasteiger partial charge >= 0.3 is 0 Å². The van der Waals surface area contributed by atoms with E-state index < -0.39 is 69.7 Å². The van der Waals surface area contributed by atoms with Crippen molar-refractivity contribution in [3.63, 3.8) is 0 Å². The van der Waals surface area contributed by atoms with Crippen molar-refractivity contribution in [1.82, 2.24) is 5.06 Å². The number of hydrogen-bond acceptors (Lipinski definition) is 3. The minimum atomic E-state index is -5.42. The van der Waals surface area contributed by atoms with Gasteiger partial charge in [0.1, 0.15) is 0 Å². The summed E-state index contributed by atoms with van der Waals surface area (Å²) in [6.45, 7) is -15.6. The molecule has 0 unspecified atom stereocenters. The van der Waals surface area contributed by atoms with E-state index in [1.165, 1.54) is 0 Å². The Labute approximate surface area is 124 Å². The maximum atomic E-state index is 13.5. The van der Waals surface area contributed by atoms with E-state index >= 15 is 0 Å². The topological polar surface area (TPSA) is 77.5 Å². The predicted molar refractivity (Wildman–Crippen MR) is 64.8 cm³/mol. The van der Waals surface area contributed by atoms with E-state index in [0.717, 1.165) is 6.07 Å². The zero-order valence-corrected chi connectivity index (χ0v) is 9.58. The first-order valence-electron chi connectivity index (χ1n) is 10.6. The second-order valence-corrected chi connectivity index (χ2v) is 5.26. The Balaban J connectivity index is 3.38. The first kappa shape index (κ1) is 4.86. The summed E-state index contributed by atoms with van der Waals surface area (Å²) in [4.78, 5) is -1.39. The molecule has 1 N–H and O–H groups in total. The van der Waals surface area contributed by atoms with Crippen molar-refractivity contribution in [3.05, 3.63) is 29.3 Å². The molecule has 99 valence electrons. The number of benzene rings is 1. The summed E-state index contributed by atoms with van der Waals surface area (Å²) in [7, 11) is -5.42. The normalized spacial score (nSPS) is 34.6. The highest BCUT2D eigenvalue weighted by molar-refractivity contribution is 7.85. The molecule has 1 aliphatic heterocycles. The molecule has 0 spiro atoms. The average Bonchev–Trinajstić information content (AvgIpc) is 2.69. The summed E-state index contributed by atoms with van der Waals surface area (Å²) in [5.74, 6) is 0. The molecule has 1 aliphatic rings. The molecule has 0 saturated heterocycles. The molecule has 0 bridgehead atoms. The lowest BCUT2D eigenvalue weighted by molar-refractivity contribution is -0.266. The van der Waals surface area contributed by atoms with Crippen LogP contribution < -0.4 is 0 Å². The maximum Gasteiger partial charge on any atom is 0.294 e. The molecule has 0 saturated carbocycles. The lowest BCUT2D eigenvalue weighted by Crippen LogP contribution is -2.41. The Kier molecular flexibility index (Phi) is 0.956. The molecule has 0 aliphatic carbocycles. The Bertz CT molecular complexity index is 931. The fraction of sp³-hybridized carbons (Fsp3) is 0.500.